The number of hydrogen-bond acceptors (Lipinski definition) is 3. The van der Waals surface area contributed by atoms with Crippen molar-refractivity contribution < 1.29 is 9.21 Å². The lowest BCUT2D eigenvalue weighted by atomic mass is 9.47. The molecule has 5 atom stereocenters. The van der Waals surface area contributed by atoms with Gasteiger partial charge in [0.05, 0.1) is 5.41 Å². The number of amides is 1. The number of carbonyl (C=O) groups excluding carboxylic acids is 1. The molecule has 1 heterocycles. The average molecular weight is 310 g/mol. The number of oxazole rings is 1. The van der Waals surface area contributed by atoms with E-state index in [0.29, 0.717) is 5.92 Å². The zero-order chi connectivity index (χ0) is 15.6. The molecule has 1 aromatic heterocycles. The summed E-state index contributed by atoms with van der Waals surface area (Å²) in [6.07, 6.45) is 6.08. The minimum absolute atomic E-state index is 0.0676. The topological polar surface area (TPSA) is 55.1 Å². The van der Waals surface area contributed by atoms with E-state index in [4.69, 9.17) is 9.40 Å². The average Bonchev–Trinajstić information content (AvgIpc) is 2.94. The highest BCUT2D eigenvalue weighted by Gasteiger charge is 2.60. The molecule has 4 fully saturated rings. The number of fused-ring (bicyclic) bond motifs is 1. The van der Waals surface area contributed by atoms with Gasteiger partial charge in [-0.05, 0) is 62.0 Å². The molecule has 4 aliphatic carbocycles. The third-order valence-corrected chi connectivity index (χ3v) is 6.39. The Hall–Kier alpha value is -1.84. The summed E-state index contributed by atoms with van der Waals surface area (Å²) in [5.41, 5.74) is 1.69. The fraction of sp³-hybridized carbons (Fsp3) is 0.579. The van der Waals surface area contributed by atoms with Crippen LogP contribution in [0.5, 0.6) is 0 Å². The SMILES string of the molecule is CC(=O)NC1C2C[C@@H]3C[C@H](C2)CC1(c1nc2ccccc2o1)C3. The lowest BCUT2D eigenvalue weighted by molar-refractivity contribution is -0.124. The number of hydrogen-bond donors (Lipinski definition) is 1. The van der Waals surface area contributed by atoms with Gasteiger partial charge in [-0.1, -0.05) is 12.1 Å². The van der Waals surface area contributed by atoms with Crippen LogP contribution in [0.1, 0.15) is 44.9 Å². The van der Waals surface area contributed by atoms with Gasteiger partial charge in [-0.3, -0.25) is 4.79 Å². The molecule has 4 saturated carbocycles. The number of benzene rings is 1. The van der Waals surface area contributed by atoms with Gasteiger partial charge in [-0.15, -0.1) is 0 Å². The lowest BCUT2D eigenvalue weighted by Gasteiger charge is -2.59. The molecule has 4 heteroatoms. The van der Waals surface area contributed by atoms with Gasteiger partial charge in [0.15, 0.2) is 5.58 Å². The first-order valence-electron chi connectivity index (χ1n) is 8.77. The Labute approximate surface area is 135 Å². The molecule has 120 valence electrons. The van der Waals surface area contributed by atoms with Crippen LogP contribution in [-0.4, -0.2) is 16.9 Å². The van der Waals surface area contributed by atoms with E-state index in [1.165, 1.54) is 19.3 Å². The Morgan fingerprint density at radius 1 is 1.22 bits per heavy atom. The van der Waals surface area contributed by atoms with Crippen LogP contribution in [-0.2, 0) is 10.2 Å². The van der Waals surface area contributed by atoms with E-state index < -0.39 is 0 Å². The number of nitrogens with zero attached hydrogens (tertiary/aromatic N) is 1. The Morgan fingerprint density at radius 2 is 1.96 bits per heavy atom. The monoisotopic (exact) mass is 310 g/mol. The molecule has 4 nitrogen and oxygen atoms in total. The molecule has 1 aromatic carbocycles. The Bertz CT molecular complexity index is 734. The van der Waals surface area contributed by atoms with E-state index in [1.807, 2.05) is 24.3 Å². The minimum atomic E-state index is -0.0978. The fourth-order valence-corrected chi connectivity index (χ4v) is 5.91. The predicted octanol–water partition coefficient (Wildman–Crippen LogP) is 3.41. The molecule has 0 spiro atoms. The van der Waals surface area contributed by atoms with Gasteiger partial charge in [-0.25, -0.2) is 4.98 Å². The van der Waals surface area contributed by atoms with Crippen LogP contribution < -0.4 is 5.32 Å². The molecule has 4 aliphatic rings. The first kappa shape index (κ1) is 13.6. The van der Waals surface area contributed by atoms with Crippen molar-refractivity contribution >= 4 is 17.0 Å². The largest absolute Gasteiger partial charge is 0.440 e. The number of carbonyl (C=O) groups is 1. The summed E-state index contributed by atoms with van der Waals surface area (Å²) in [6.45, 7) is 1.63. The van der Waals surface area contributed by atoms with Crippen LogP contribution in [0, 0.1) is 17.8 Å². The van der Waals surface area contributed by atoms with E-state index in [2.05, 4.69) is 5.32 Å². The van der Waals surface area contributed by atoms with Crippen molar-refractivity contribution in [3.05, 3.63) is 30.2 Å². The molecule has 1 N–H and O–H groups in total. The van der Waals surface area contributed by atoms with E-state index in [0.717, 1.165) is 41.7 Å². The molecule has 3 unspecified atom stereocenters. The normalized spacial score (nSPS) is 38.1. The molecule has 6 rings (SSSR count). The molecule has 1 amide bonds. The van der Waals surface area contributed by atoms with Crippen molar-refractivity contribution in [2.75, 3.05) is 0 Å². The molecule has 0 radical (unpaired) electrons. The second kappa shape index (κ2) is 4.59. The summed E-state index contributed by atoms with van der Waals surface area (Å²) in [7, 11) is 0. The number of rotatable bonds is 2. The Balaban J connectivity index is 1.65. The van der Waals surface area contributed by atoms with Crippen molar-refractivity contribution in [3.8, 4) is 0 Å². The first-order chi connectivity index (χ1) is 11.1. The van der Waals surface area contributed by atoms with Gasteiger partial charge >= 0.3 is 0 Å². The standard InChI is InChI=1S/C19H22N2O2/c1-11(22)20-17-14-7-12-6-13(8-14)10-19(17,9-12)18-21-15-4-2-3-5-16(15)23-18/h2-5,12-14,17H,6-10H2,1H3,(H,20,22)/t12-,13+,14?,17?,19?. The quantitative estimate of drug-likeness (QED) is 0.925. The number of para-hydroxylation sites is 2. The van der Waals surface area contributed by atoms with E-state index in [-0.39, 0.29) is 17.4 Å². The second-order valence-electron chi connectivity index (χ2n) is 7.93. The summed E-state index contributed by atoms with van der Waals surface area (Å²) in [5.74, 6) is 3.05. The van der Waals surface area contributed by atoms with Crippen LogP contribution in [0.15, 0.2) is 28.7 Å². The minimum Gasteiger partial charge on any atom is -0.440 e. The third-order valence-electron chi connectivity index (χ3n) is 6.39. The highest BCUT2D eigenvalue weighted by molar-refractivity contribution is 5.74. The molecule has 23 heavy (non-hydrogen) atoms. The molecular weight excluding hydrogens is 288 g/mol. The van der Waals surface area contributed by atoms with Crippen LogP contribution >= 0.6 is 0 Å². The molecule has 4 bridgehead atoms. The summed E-state index contributed by atoms with van der Waals surface area (Å²) in [4.78, 5) is 16.7. The van der Waals surface area contributed by atoms with E-state index >= 15 is 0 Å². The van der Waals surface area contributed by atoms with E-state index in [9.17, 15) is 4.79 Å². The molecule has 2 aromatic rings. The van der Waals surface area contributed by atoms with Crippen molar-refractivity contribution in [3.63, 3.8) is 0 Å². The van der Waals surface area contributed by atoms with Gasteiger partial charge in [0.25, 0.3) is 0 Å². The first-order valence-corrected chi connectivity index (χ1v) is 8.77. The highest BCUT2D eigenvalue weighted by Crippen LogP contribution is 2.60. The lowest BCUT2D eigenvalue weighted by Crippen LogP contribution is -2.64. The zero-order valence-electron chi connectivity index (χ0n) is 13.4. The van der Waals surface area contributed by atoms with Crippen LogP contribution in [0.25, 0.3) is 11.1 Å². The van der Waals surface area contributed by atoms with Crippen molar-refractivity contribution in [2.24, 2.45) is 17.8 Å². The molecule has 0 aliphatic heterocycles. The van der Waals surface area contributed by atoms with Crippen LogP contribution in [0.2, 0.25) is 0 Å². The summed E-state index contributed by atoms with van der Waals surface area (Å²) < 4.78 is 6.20. The van der Waals surface area contributed by atoms with Gasteiger partial charge in [-0.2, -0.15) is 0 Å². The molecular formula is C19H22N2O2. The predicted molar refractivity (Wildman–Crippen MR) is 86.8 cm³/mol. The van der Waals surface area contributed by atoms with Crippen molar-refractivity contribution in [1.29, 1.82) is 0 Å². The second-order valence-corrected chi connectivity index (χ2v) is 7.93. The highest BCUT2D eigenvalue weighted by atomic mass is 16.3. The van der Waals surface area contributed by atoms with Gasteiger partial charge in [0, 0.05) is 13.0 Å². The maximum Gasteiger partial charge on any atom is 0.217 e. The molecule has 0 saturated heterocycles. The fourth-order valence-electron chi connectivity index (χ4n) is 5.91. The summed E-state index contributed by atoms with van der Waals surface area (Å²) in [6, 6.07) is 8.17. The van der Waals surface area contributed by atoms with E-state index in [1.54, 1.807) is 6.92 Å². The number of aromatic nitrogens is 1. The Morgan fingerprint density at radius 3 is 2.65 bits per heavy atom. The Kier molecular flexibility index (Phi) is 2.71. The third kappa shape index (κ3) is 1.90. The van der Waals surface area contributed by atoms with Crippen LogP contribution in [0.4, 0.5) is 0 Å². The van der Waals surface area contributed by atoms with Gasteiger partial charge in [0.2, 0.25) is 11.8 Å². The maximum atomic E-state index is 11.8. The maximum absolute atomic E-state index is 11.8. The zero-order valence-corrected chi connectivity index (χ0v) is 13.4. The summed E-state index contributed by atoms with van der Waals surface area (Å²) in [5, 5.41) is 3.27. The number of nitrogens with one attached hydrogen (secondary N) is 1. The van der Waals surface area contributed by atoms with Crippen molar-refractivity contribution in [2.45, 2.75) is 50.5 Å². The van der Waals surface area contributed by atoms with Gasteiger partial charge < -0.3 is 9.73 Å². The van der Waals surface area contributed by atoms with Gasteiger partial charge in [0.1, 0.15) is 5.52 Å². The van der Waals surface area contributed by atoms with Crippen molar-refractivity contribution in [1.82, 2.24) is 10.3 Å². The van der Waals surface area contributed by atoms with Crippen LogP contribution in [0.3, 0.4) is 0 Å². The summed E-state index contributed by atoms with van der Waals surface area (Å²) >= 11 is 0. The smallest absolute Gasteiger partial charge is 0.217 e.